The van der Waals surface area contributed by atoms with Crippen LogP contribution in [0.1, 0.15) is 51.2 Å². The molecule has 18 heavy (non-hydrogen) atoms. The predicted molar refractivity (Wildman–Crippen MR) is 81.2 cm³/mol. The Hall–Kier alpha value is -1.02. The third kappa shape index (κ3) is 4.34. The van der Waals surface area contributed by atoms with Crippen molar-refractivity contribution in [3.05, 3.63) is 29.3 Å². The highest BCUT2D eigenvalue weighted by Crippen LogP contribution is 2.23. The number of hydrogen-bond acceptors (Lipinski definition) is 2. The van der Waals surface area contributed by atoms with Gasteiger partial charge in [0.05, 0.1) is 0 Å². The van der Waals surface area contributed by atoms with Crippen LogP contribution in [0.25, 0.3) is 0 Å². The zero-order chi connectivity index (χ0) is 13.8. The summed E-state index contributed by atoms with van der Waals surface area (Å²) >= 11 is 0. The van der Waals surface area contributed by atoms with Gasteiger partial charge in [0.15, 0.2) is 0 Å². The van der Waals surface area contributed by atoms with E-state index >= 15 is 0 Å². The van der Waals surface area contributed by atoms with E-state index in [-0.39, 0.29) is 5.41 Å². The number of anilines is 1. The first-order valence-corrected chi connectivity index (χ1v) is 6.90. The molecule has 2 heteroatoms. The molecule has 0 fully saturated rings. The van der Waals surface area contributed by atoms with Gasteiger partial charge in [0, 0.05) is 12.2 Å². The van der Waals surface area contributed by atoms with Gasteiger partial charge in [-0.15, -0.1) is 0 Å². The Morgan fingerprint density at radius 3 is 2.50 bits per heavy atom. The highest BCUT2D eigenvalue weighted by Gasteiger charge is 2.14. The Balaban J connectivity index is 2.64. The van der Waals surface area contributed by atoms with Gasteiger partial charge in [-0.25, -0.2) is 0 Å². The van der Waals surface area contributed by atoms with Gasteiger partial charge in [-0.2, -0.15) is 0 Å². The van der Waals surface area contributed by atoms with Crippen LogP contribution < -0.4 is 11.1 Å². The molecule has 0 aliphatic carbocycles. The van der Waals surface area contributed by atoms with Crippen LogP contribution in [0.3, 0.4) is 0 Å². The summed E-state index contributed by atoms with van der Waals surface area (Å²) in [5.74, 6) is 0.576. The number of nitrogens with one attached hydrogen (secondary N) is 1. The molecular weight excluding hydrogens is 220 g/mol. The van der Waals surface area contributed by atoms with Crippen LogP contribution in [0.5, 0.6) is 0 Å². The molecule has 0 unspecified atom stereocenters. The molecule has 0 spiro atoms. The van der Waals surface area contributed by atoms with Crippen molar-refractivity contribution in [2.24, 2.45) is 11.1 Å². The minimum atomic E-state index is 0.219. The van der Waals surface area contributed by atoms with Gasteiger partial charge >= 0.3 is 0 Å². The van der Waals surface area contributed by atoms with E-state index < -0.39 is 0 Å². The molecule has 1 aromatic carbocycles. The number of aryl methyl sites for hydroxylation is 1. The van der Waals surface area contributed by atoms with Gasteiger partial charge in [0.1, 0.15) is 0 Å². The second-order valence-corrected chi connectivity index (χ2v) is 6.27. The quantitative estimate of drug-likeness (QED) is 0.801. The minimum absolute atomic E-state index is 0.219. The predicted octanol–water partition coefficient (Wildman–Crippen LogP) is 3.91. The lowest BCUT2D eigenvalue weighted by Gasteiger charge is -2.23. The van der Waals surface area contributed by atoms with E-state index in [0.29, 0.717) is 5.92 Å². The number of nitrogens with two attached hydrogens (primary N) is 1. The van der Waals surface area contributed by atoms with Gasteiger partial charge in [0.25, 0.3) is 0 Å². The Labute approximate surface area is 112 Å². The number of rotatable bonds is 6. The maximum atomic E-state index is 5.75. The molecule has 3 N–H and O–H groups in total. The summed E-state index contributed by atoms with van der Waals surface area (Å²) in [4.78, 5) is 0. The Morgan fingerprint density at radius 2 is 1.94 bits per heavy atom. The molecule has 102 valence electrons. The van der Waals surface area contributed by atoms with Crippen LogP contribution in [-0.4, -0.2) is 13.1 Å². The molecule has 1 rings (SSSR count). The molecule has 0 saturated carbocycles. The summed E-state index contributed by atoms with van der Waals surface area (Å²) in [7, 11) is 0. The van der Waals surface area contributed by atoms with Gasteiger partial charge in [-0.05, 0) is 48.4 Å². The lowest BCUT2D eigenvalue weighted by Crippen LogP contribution is -2.26. The Morgan fingerprint density at radius 1 is 1.28 bits per heavy atom. The largest absolute Gasteiger partial charge is 0.385 e. The standard InChI is InChI=1S/C16H28N2/c1-12(2)14-7-6-13(3)15(10-14)18-9-8-16(4,5)11-17/h6-7,10,12,18H,8-9,11,17H2,1-5H3. The molecule has 2 nitrogen and oxygen atoms in total. The van der Waals surface area contributed by atoms with Crippen LogP contribution in [0.4, 0.5) is 5.69 Å². The van der Waals surface area contributed by atoms with Crippen molar-refractivity contribution in [1.82, 2.24) is 0 Å². The maximum Gasteiger partial charge on any atom is 0.0372 e. The molecule has 0 radical (unpaired) electrons. The summed E-state index contributed by atoms with van der Waals surface area (Å²) < 4.78 is 0. The summed E-state index contributed by atoms with van der Waals surface area (Å²) in [6.07, 6.45) is 1.09. The topological polar surface area (TPSA) is 38.0 Å². The second-order valence-electron chi connectivity index (χ2n) is 6.27. The second kappa shape index (κ2) is 6.24. The molecule has 0 aliphatic heterocycles. The summed E-state index contributed by atoms with van der Waals surface area (Å²) in [6, 6.07) is 6.69. The fraction of sp³-hybridized carbons (Fsp3) is 0.625. The van der Waals surface area contributed by atoms with E-state index in [1.54, 1.807) is 0 Å². The van der Waals surface area contributed by atoms with Crippen LogP contribution in [0.2, 0.25) is 0 Å². The third-order valence-electron chi connectivity index (χ3n) is 3.60. The zero-order valence-electron chi connectivity index (χ0n) is 12.5. The lowest BCUT2D eigenvalue weighted by atomic mass is 9.89. The fourth-order valence-corrected chi connectivity index (χ4v) is 1.83. The summed E-state index contributed by atoms with van der Waals surface area (Å²) in [5, 5.41) is 3.54. The van der Waals surface area contributed by atoms with Gasteiger partial charge < -0.3 is 11.1 Å². The molecule has 0 amide bonds. The van der Waals surface area contributed by atoms with E-state index in [2.05, 4.69) is 58.1 Å². The van der Waals surface area contributed by atoms with Crippen molar-refractivity contribution in [3.63, 3.8) is 0 Å². The molecule has 1 aromatic rings. The molecule has 0 aliphatic rings. The first-order chi connectivity index (χ1) is 8.35. The van der Waals surface area contributed by atoms with E-state index in [9.17, 15) is 0 Å². The zero-order valence-corrected chi connectivity index (χ0v) is 12.5. The van der Waals surface area contributed by atoms with Crippen LogP contribution in [0, 0.1) is 12.3 Å². The fourth-order valence-electron chi connectivity index (χ4n) is 1.83. The highest BCUT2D eigenvalue weighted by atomic mass is 14.9. The lowest BCUT2D eigenvalue weighted by molar-refractivity contribution is 0.358. The summed E-state index contributed by atoms with van der Waals surface area (Å²) in [6.45, 7) is 12.8. The number of hydrogen-bond donors (Lipinski definition) is 2. The average Bonchev–Trinajstić information content (AvgIpc) is 2.31. The summed E-state index contributed by atoms with van der Waals surface area (Å²) in [5.41, 5.74) is 9.93. The van der Waals surface area contributed by atoms with Crippen molar-refractivity contribution in [2.45, 2.75) is 47.0 Å². The van der Waals surface area contributed by atoms with Crippen LogP contribution >= 0.6 is 0 Å². The van der Waals surface area contributed by atoms with E-state index in [4.69, 9.17) is 5.73 Å². The first-order valence-electron chi connectivity index (χ1n) is 6.90. The molecule has 0 aromatic heterocycles. The van der Waals surface area contributed by atoms with Crippen LogP contribution in [0.15, 0.2) is 18.2 Å². The molecule has 0 atom stereocenters. The third-order valence-corrected chi connectivity index (χ3v) is 3.60. The maximum absolute atomic E-state index is 5.75. The average molecular weight is 248 g/mol. The van der Waals surface area contributed by atoms with Gasteiger partial charge in [-0.1, -0.05) is 39.8 Å². The SMILES string of the molecule is Cc1ccc(C(C)C)cc1NCCC(C)(C)CN. The van der Waals surface area contributed by atoms with Gasteiger partial charge in [-0.3, -0.25) is 0 Å². The Kier molecular flexibility index (Phi) is 5.21. The monoisotopic (exact) mass is 248 g/mol. The van der Waals surface area contributed by atoms with E-state index in [1.165, 1.54) is 16.8 Å². The van der Waals surface area contributed by atoms with E-state index in [0.717, 1.165) is 19.5 Å². The molecule has 0 saturated heterocycles. The van der Waals surface area contributed by atoms with Crippen molar-refractivity contribution < 1.29 is 0 Å². The van der Waals surface area contributed by atoms with Crippen molar-refractivity contribution >= 4 is 5.69 Å². The van der Waals surface area contributed by atoms with Crippen molar-refractivity contribution in [1.29, 1.82) is 0 Å². The Bertz CT molecular complexity index is 381. The molecular formula is C16H28N2. The van der Waals surface area contributed by atoms with E-state index in [1.807, 2.05) is 0 Å². The number of benzene rings is 1. The van der Waals surface area contributed by atoms with Crippen LogP contribution in [-0.2, 0) is 0 Å². The highest BCUT2D eigenvalue weighted by molar-refractivity contribution is 5.53. The normalized spacial score (nSPS) is 11.9. The minimum Gasteiger partial charge on any atom is -0.385 e. The smallest absolute Gasteiger partial charge is 0.0372 e. The van der Waals surface area contributed by atoms with Gasteiger partial charge in [0.2, 0.25) is 0 Å². The molecule has 0 heterocycles. The molecule has 0 bridgehead atoms. The van der Waals surface area contributed by atoms with Crippen molar-refractivity contribution in [3.8, 4) is 0 Å². The van der Waals surface area contributed by atoms with Crippen molar-refractivity contribution in [2.75, 3.05) is 18.4 Å². The first kappa shape index (κ1) is 15.0.